The average Bonchev–Trinajstić information content (AvgIpc) is 2.49. The fourth-order valence-corrected chi connectivity index (χ4v) is 3.62. The van der Waals surface area contributed by atoms with Gasteiger partial charge in [-0.3, -0.25) is 0 Å². The number of hydrogen-bond acceptors (Lipinski definition) is 2. The molecule has 92 valence electrons. The van der Waals surface area contributed by atoms with Crippen molar-refractivity contribution in [3.8, 4) is 0 Å². The van der Waals surface area contributed by atoms with E-state index in [1.807, 2.05) is 0 Å². The minimum absolute atomic E-state index is 0.309. The monoisotopic (exact) mass is 320 g/mol. The summed E-state index contributed by atoms with van der Waals surface area (Å²) in [5.74, 6) is 0. The summed E-state index contributed by atoms with van der Waals surface area (Å²) in [5, 5.41) is 0.309. The van der Waals surface area contributed by atoms with Crippen molar-refractivity contribution in [1.82, 2.24) is 0 Å². The van der Waals surface area contributed by atoms with Gasteiger partial charge in [-0.05, 0) is 46.2 Å². The van der Waals surface area contributed by atoms with Crippen LogP contribution in [0.2, 0.25) is 18.1 Å². The zero-order chi connectivity index (χ0) is 12.4. The van der Waals surface area contributed by atoms with Crippen LogP contribution in [0.25, 0.3) is 0 Å². The Morgan fingerprint density at radius 3 is 2.38 bits per heavy atom. The van der Waals surface area contributed by atoms with Crippen molar-refractivity contribution < 1.29 is 4.43 Å². The highest BCUT2D eigenvalue weighted by atomic mass is 79.9. The van der Waals surface area contributed by atoms with E-state index in [1.54, 1.807) is 11.3 Å². The van der Waals surface area contributed by atoms with Gasteiger partial charge in [-0.15, -0.1) is 11.3 Å². The molecular weight excluding hydrogens is 300 g/mol. The first-order valence-electron chi connectivity index (χ1n) is 5.60. The Balaban J connectivity index is 2.41. The normalized spacial score (nSPS) is 13.1. The molecule has 0 atom stereocenters. The molecule has 0 spiro atoms. The van der Waals surface area contributed by atoms with Gasteiger partial charge in [0, 0.05) is 17.9 Å². The Morgan fingerprint density at radius 1 is 1.31 bits per heavy atom. The first kappa shape index (κ1) is 14.4. The molecule has 16 heavy (non-hydrogen) atoms. The van der Waals surface area contributed by atoms with Crippen molar-refractivity contribution in [2.24, 2.45) is 0 Å². The molecular formula is C12H21BrOSSi. The summed E-state index contributed by atoms with van der Waals surface area (Å²) >= 11 is 5.28. The zero-order valence-electron chi connectivity index (χ0n) is 10.8. The molecule has 0 saturated heterocycles. The molecule has 0 saturated carbocycles. The maximum atomic E-state index is 6.14. The van der Waals surface area contributed by atoms with Crippen LogP contribution in [0.15, 0.2) is 15.9 Å². The van der Waals surface area contributed by atoms with Crippen molar-refractivity contribution in [1.29, 1.82) is 0 Å². The summed E-state index contributed by atoms with van der Waals surface area (Å²) in [6.45, 7) is 12.3. The van der Waals surface area contributed by atoms with Crippen LogP contribution in [0.1, 0.15) is 25.6 Å². The predicted octanol–water partition coefficient (Wildman–Crippen LogP) is 5.07. The average molecular weight is 321 g/mol. The van der Waals surface area contributed by atoms with Gasteiger partial charge in [0.25, 0.3) is 0 Å². The number of hydrogen-bond donors (Lipinski definition) is 0. The van der Waals surface area contributed by atoms with Crippen LogP contribution >= 0.6 is 27.3 Å². The molecule has 0 N–H and O–H groups in total. The molecule has 0 aliphatic heterocycles. The molecule has 0 aliphatic rings. The first-order valence-corrected chi connectivity index (χ1v) is 10.1. The van der Waals surface area contributed by atoms with E-state index < -0.39 is 8.32 Å². The Kier molecular flexibility index (Phi) is 4.81. The smallest absolute Gasteiger partial charge is 0.191 e. The van der Waals surface area contributed by atoms with Crippen molar-refractivity contribution in [2.45, 2.75) is 45.3 Å². The highest BCUT2D eigenvalue weighted by Gasteiger charge is 2.36. The summed E-state index contributed by atoms with van der Waals surface area (Å²) in [5.41, 5.74) is 0. The lowest BCUT2D eigenvalue weighted by molar-refractivity contribution is 0.293. The van der Waals surface area contributed by atoms with Gasteiger partial charge in [0.15, 0.2) is 8.32 Å². The van der Waals surface area contributed by atoms with Gasteiger partial charge in [0.05, 0.1) is 3.79 Å². The molecule has 0 amide bonds. The summed E-state index contributed by atoms with van der Waals surface area (Å²) in [6.07, 6.45) is 1.03. The lowest BCUT2D eigenvalue weighted by Gasteiger charge is -2.36. The third-order valence-electron chi connectivity index (χ3n) is 3.25. The highest BCUT2D eigenvalue weighted by molar-refractivity contribution is 9.11. The van der Waals surface area contributed by atoms with Gasteiger partial charge in [0.2, 0.25) is 0 Å². The van der Waals surface area contributed by atoms with Crippen LogP contribution in [-0.2, 0) is 10.8 Å². The van der Waals surface area contributed by atoms with E-state index in [1.165, 1.54) is 8.66 Å². The lowest BCUT2D eigenvalue weighted by Crippen LogP contribution is -2.41. The molecule has 0 aliphatic carbocycles. The lowest BCUT2D eigenvalue weighted by atomic mass is 10.2. The van der Waals surface area contributed by atoms with Gasteiger partial charge in [-0.2, -0.15) is 0 Å². The summed E-state index contributed by atoms with van der Waals surface area (Å²) < 4.78 is 7.34. The molecule has 0 bridgehead atoms. The quantitative estimate of drug-likeness (QED) is 0.703. The van der Waals surface area contributed by atoms with E-state index in [2.05, 4.69) is 61.9 Å². The molecule has 0 unspecified atom stereocenters. The molecule has 0 radical (unpaired) electrons. The maximum Gasteiger partial charge on any atom is 0.191 e. The molecule has 1 aromatic rings. The van der Waals surface area contributed by atoms with E-state index in [9.17, 15) is 0 Å². The summed E-state index contributed by atoms with van der Waals surface area (Å²) in [6, 6.07) is 4.27. The molecule has 1 heterocycles. The van der Waals surface area contributed by atoms with Crippen LogP contribution in [0, 0.1) is 0 Å². The van der Waals surface area contributed by atoms with Crippen molar-refractivity contribution in [2.75, 3.05) is 6.61 Å². The highest BCUT2D eigenvalue weighted by Crippen LogP contribution is 2.36. The molecule has 4 heteroatoms. The fourth-order valence-electron chi connectivity index (χ4n) is 1.11. The topological polar surface area (TPSA) is 9.23 Å². The Hall–Kier alpha value is 0.357. The van der Waals surface area contributed by atoms with Gasteiger partial charge in [-0.1, -0.05) is 20.8 Å². The van der Waals surface area contributed by atoms with E-state index in [0.717, 1.165) is 13.0 Å². The molecule has 0 fully saturated rings. The standard InChI is InChI=1S/C12H21BrOSSi/c1-12(2,3)16(4,5)14-9-8-10-6-7-11(13)15-10/h6-7H,8-9H2,1-5H3. The zero-order valence-corrected chi connectivity index (χ0v) is 14.2. The Bertz CT molecular complexity index is 341. The van der Waals surface area contributed by atoms with E-state index >= 15 is 0 Å². The third-order valence-corrected chi connectivity index (χ3v) is 9.47. The van der Waals surface area contributed by atoms with Crippen molar-refractivity contribution in [3.63, 3.8) is 0 Å². The van der Waals surface area contributed by atoms with Crippen molar-refractivity contribution in [3.05, 3.63) is 20.8 Å². The fraction of sp³-hybridized carbons (Fsp3) is 0.667. The van der Waals surface area contributed by atoms with Crippen LogP contribution in [0.5, 0.6) is 0 Å². The predicted molar refractivity (Wildman–Crippen MR) is 78.9 cm³/mol. The second-order valence-electron chi connectivity index (χ2n) is 5.56. The van der Waals surface area contributed by atoms with Gasteiger partial charge >= 0.3 is 0 Å². The maximum absolute atomic E-state index is 6.14. The van der Waals surface area contributed by atoms with E-state index in [4.69, 9.17) is 4.43 Å². The van der Waals surface area contributed by atoms with E-state index in [0.29, 0.717) is 5.04 Å². The molecule has 1 nitrogen and oxygen atoms in total. The van der Waals surface area contributed by atoms with Gasteiger partial charge in [-0.25, -0.2) is 0 Å². The molecule has 1 aromatic heterocycles. The number of halogens is 1. The first-order chi connectivity index (χ1) is 7.22. The SMILES string of the molecule is CC(C)(C)[Si](C)(C)OCCc1ccc(Br)s1. The van der Waals surface area contributed by atoms with Gasteiger partial charge in [0.1, 0.15) is 0 Å². The Morgan fingerprint density at radius 2 is 1.94 bits per heavy atom. The van der Waals surface area contributed by atoms with Crippen LogP contribution in [0.4, 0.5) is 0 Å². The van der Waals surface area contributed by atoms with Gasteiger partial charge < -0.3 is 4.43 Å². The summed E-state index contributed by atoms with van der Waals surface area (Å²) in [7, 11) is -1.56. The minimum Gasteiger partial charge on any atom is -0.416 e. The van der Waals surface area contributed by atoms with Crippen LogP contribution in [0.3, 0.4) is 0 Å². The van der Waals surface area contributed by atoms with E-state index in [-0.39, 0.29) is 0 Å². The number of rotatable bonds is 4. The molecule has 1 rings (SSSR count). The van der Waals surface area contributed by atoms with Crippen LogP contribution in [-0.4, -0.2) is 14.9 Å². The van der Waals surface area contributed by atoms with Crippen LogP contribution < -0.4 is 0 Å². The minimum atomic E-state index is -1.56. The Labute approximate surface area is 112 Å². The second kappa shape index (κ2) is 5.34. The summed E-state index contributed by atoms with van der Waals surface area (Å²) in [4.78, 5) is 1.39. The second-order valence-corrected chi connectivity index (χ2v) is 12.9. The van der Waals surface area contributed by atoms with Crippen molar-refractivity contribution >= 4 is 35.6 Å². The third kappa shape index (κ3) is 3.98. The largest absolute Gasteiger partial charge is 0.416 e. The molecule has 0 aromatic carbocycles. The number of thiophene rings is 1.